The van der Waals surface area contributed by atoms with E-state index in [-0.39, 0.29) is 23.8 Å². The maximum absolute atomic E-state index is 14.6. The van der Waals surface area contributed by atoms with Crippen molar-refractivity contribution < 1.29 is 18.0 Å². The van der Waals surface area contributed by atoms with Crippen LogP contribution < -0.4 is 9.62 Å². The van der Waals surface area contributed by atoms with Gasteiger partial charge in [-0.25, -0.2) is 8.42 Å². The number of unbranched alkanes of at least 4 members (excludes halogenated alkanes) is 1. The molecule has 242 valence electrons. The number of nitrogens with one attached hydrogen (secondary N) is 1. The van der Waals surface area contributed by atoms with E-state index >= 15 is 0 Å². The van der Waals surface area contributed by atoms with Crippen LogP contribution in [0.4, 0.5) is 5.69 Å². The van der Waals surface area contributed by atoms with Crippen LogP contribution in [0.25, 0.3) is 0 Å². The van der Waals surface area contributed by atoms with Crippen LogP contribution in [-0.4, -0.2) is 44.3 Å². The van der Waals surface area contributed by atoms with Gasteiger partial charge in [0, 0.05) is 29.6 Å². The van der Waals surface area contributed by atoms with Crippen molar-refractivity contribution >= 4 is 50.7 Å². The molecule has 0 unspecified atom stereocenters. The lowest BCUT2D eigenvalue weighted by atomic mass is 10.0. The Balaban J connectivity index is 1.81. The highest BCUT2D eigenvalue weighted by Gasteiger charge is 2.34. The monoisotopic (exact) mass is 679 g/mol. The summed E-state index contributed by atoms with van der Waals surface area (Å²) in [6.45, 7) is 5.81. The molecule has 1 atom stereocenters. The highest BCUT2D eigenvalue weighted by molar-refractivity contribution is 7.92. The number of hydrogen-bond donors (Lipinski definition) is 1. The molecule has 46 heavy (non-hydrogen) atoms. The first-order valence-electron chi connectivity index (χ1n) is 15.2. The van der Waals surface area contributed by atoms with Gasteiger partial charge in [-0.05, 0) is 91.1 Å². The molecular weight excluding hydrogens is 641 g/mol. The number of benzene rings is 4. The molecular formula is C36H39Cl2N3O4S. The van der Waals surface area contributed by atoms with E-state index in [0.29, 0.717) is 27.8 Å². The molecule has 0 radical (unpaired) electrons. The molecule has 4 aromatic rings. The molecule has 0 aliphatic rings. The van der Waals surface area contributed by atoms with Gasteiger partial charge in [-0.15, -0.1) is 0 Å². The van der Waals surface area contributed by atoms with Gasteiger partial charge in [-0.2, -0.15) is 0 Å². The van der Waals surface area contributed by atoms with Gasteiger partial charge in [-0.1, -0.05) is 85.1 Å². The number of rotatable bonds is 14. The molecule has 0 aliphatic carbocycles. The Bertz CT molecular complexity index is 1750. The van der Waals surface area contributed by atoms with E-state index < -0.39 is 28.5 Å². The smallest absolute Gasteiger partial charge is 0.264 e. The number of nitrogens with zero attached hydrogens (tertiary/aromatic N) is 2. The molecule has 0 aliphatic heterocycles. The van der Waals surface area contributed by atoms with E-state index in [9.17, 15) is 18.0 Å². The van der Waals surface area contributed by atoms with Gasteiger partial charge < -0.3 is 10.2 Å². The van der Waals surface area contributed by atoms with Crippen molar-refractivity contribution in [3.8, 4) is 0 Å². The molecule has 0 bridgehead atoms. The van der Waals surface area contributed by atoms with Gasteiger partial charge in [-0.3, -0.25) is 13.9 Å². The summed E-state index contributed by atoms with van der Waals surface area (Å²) in [7, 11) is -4.23. The van der Waals surface area contributed by atoms with E-state index in [1.54, 1.807) is 30.3 Å². The zero-order valence-electron chi connectivity index (χ0n) is 26.2. The second kappa shape index (κ2) is 16.1. The summed E-state index contributed by atoms with van der Waals surface area (Å²) in [5, 5.41) is 3.87. The molecule has 1 N–H and O–H groups in total. The Kier molecular flexibility index (Phi) is 12.3. The summed E-state index contributed by atoms with van der Waals surface area (Å²) in [5.41, 5.74) is 3.75. The number of amides is 2. The van der Waals surface area contributed by atoms with Crippen LogP contribution in [0.2, 0.25) is 10.0 Å². The van der Waals surface area contributed by atoms with E-state index in [1.807, 2.05) is 63.2 Å². The van der Waals surface area contributed by atoms with Gasteiger partial charge in [0.15, 0.2) is 0 Å². The summed E-state index contributed by atoms with van der Waals surface area (Å²) >= 11 is 12.4. The van der Waals surface area contributed by atoms with Crippen LogP contribution in [0.15, 0.2) is 102 Å². The number of carbonyl (C=O) groups excluding carboxylic acids is 2. The van der Waals surface area contributed by atoms with E-state index in [2.05, 4.69) is 5.32 Å². The van der Waals surface area contributed by atoms with Crippen molar-refractivity contribution in [2.45, 2.75) is 57.5 Å². The Morgan fingerprint density at radius 2 is 1.50 bits per heavy atom. The largest absolute Gasteiger partial charge is 0.354 e. The number of hydrogen-bond acceptors (Lipinski definition) is 4. The number of sulfonamides is 1. The third-order valence-corrected chi connectivity index (χ3v) is 10.1. The first-order chi connectivity index (χ1) is 22.0. The summed E-state index contributed by atoms with van der Waals surface area (Å²) in [4.78, 5) is 29.8. The number of aryl methyl sites for hydroxylation is 2. The molecule has 0 fully saturated rings. The van der Waals surface area contributed by atoms with Crippen molar-refractivity contribution in [2.24, 2.45) is 0 Å². The van der Waals surface area contributed by atoms with Gasteiger partial charge in [0.05, 0.1) is 10.6 Å². The average molecular weight is 681 g/mol. The standard InChI is InChI=1S/C36H39Cl2N3O4S/c1-4-5-20-39-36(43)34(23-28-10-7-6-8-11-28)40(24-29-12-9-13-31(38)22-29)35(42)25-41(32-17-14-26(2)27(3)21-32)46(44,45)33-18-15-30(37)16-19-33/h6-19,21-22,34H,4-5,20,23-25H2,1-3H3,(H,39,43)/t34-/m1/s1. The van der Waals surface area contributed by atoms with Gasteiger partial charge in [0.25, 0.3) is 10.0 Å². The lowest BCUT2D eigenvalue weighted by Crippen LogP contribution is -2.53. The highest BCUT2D eigenvalue weighted by atomic mass is 35.5. The highest BCUT2D eigenvalue weighted by Crippen LogP contribution is 2.28. The van der Waals surface area contributed by atoms with E-state index in [1.165, 1.54) is 29.2 Å². The topological polar surface area (TPSA) is 86.8 Å². The quantitative estimate of drug-likeness (QED) is 0.141. The van der Waals surface area contributed by atoms with Crippen LogP contribution >= 0.6 is 23.2 Å². The van der Waals surface area contributed by atoms with Crippen LogP contribution in [0.1, 0.15) is 42.0 Å². The fraction of sp³-hybridized carbons (Fsp3) is 0.278. The van der Waals surface area contributed by atoms with E-state index in [0.717, 1.165) is 33.8 Å². The third-order valence-electron chi connectivity index (χ3n) is 7.80. The predicted molar refractivity (Wildman–Crippen MR) is 186 cm³/mol. The van der Waals surface area contributed by atoms with E-state index in [4.69, 9.17) is 23.2 Å². The van der Waals surface area contributed by atoms with Crippen molar-refractivity contribution in [3.63, 3.8) is 0 Å². The minimum Gasteiger partial charge on any atom is -0.354 e. The Labute approximate surface area is 282 Å². The van der Waals surface area contributed by atoms with Crippen molar-refractivity contribution in [1.82, 2.24) is 10.2 Å². The predicted octanol–water partition coefficient (Wildman–Crippen LogP) is 7.36. The summed E-state index contributed by atoms with van der Waals surface area (Å²) in [5.74, 6) is -0.853. The minimum atomic E-state index is -4.23. The number of halogens is 2. The molecule has 2 amide bonds. The lowest BCUT2D eigenvalue weighted by molar-refractivity contribution is -0.140. The Morgan fingerprint density at radius 3 is 2.15 bits per heavy atom. The molecule has 4 rings (SSSR count). The van der Waals surface area contributed by atoms with Crippen LogP contribution in [-0.2, 0) is 32.6 Å². The fourth-order valence-corrected chi connectivity index (χ4v) is 6.78. The molecule has 0 aromatic heterocycles. The zero-order chi connectivity index (χ0) is 33.3. The molecule has 0 heterocycles. The van der Waals surface area contributed by atoms with Crippen molar-refractivity contribution in [2.75, 3.05) is 17.4 Å². The van der Waals surface area contributed by atoms with Crippen molar-refractivity contribution in [3.05, 3.63) is 129 Å². The molecule has 7 nitrogen and oxygen atoms in total. The normalized spacial score (nSPS) is 11.9. The lowest BCUT2D eigenvalue weighted by Gasteiger charge is -2.34. The molecule has 0 saturated heterocycles. The third kappa shape index (κ3) is 9.12. The van der Waals surface area contributed by atoms with Crippen molar-refractivity contribution in [1.29, 1.82) is 0 Å². The van der Waals surface area contributed by atoms with Gasteiger partial charge >= 0.3 is 0 Å². The van der Waals surface area contributed by atoms with Crippen LogP contribution in [0.3, 0.4) is 0 Å². The number of anilines is 1. The zero-order valence-corrected chi connectivity index (χ0v) is 28.6. The first-order valence-corrected chi connectivity index (χ1v) is 17.4. The summed E-state index contributed by atoms with van der Waals surface area (Å²) in [6.07, 6.45) is 1.91. The molecule has 4 aromatic carbocycles. The Hall–Kier alpha value is -3.85. The second-order valence-electron chi connectivity index (χ2n) is 11.2. The molecule has 10 heteroatoms. The van der Waals surface area contributed by atoms with Crippen LogP contribution in [0.5, 0.6) is 0 Å². The SMILES string of the molecule is CCCCNC(=O)[C@@H](Cc1ccccc1)N(Cc1cccc(Cl)c1)C(=O)CN(c1ccc(C)c(C)c1)S(=O)(=O)c1ccc(Cl)cc1. The summed E-state index contributed by atoms with van der Waals surface area (Å²) < 4.78 is 29.5. The van der Waals surface area contributed by atoms with Gasteiger partial charge in [0.2, 0.25) is 11.8 Å². The first kappa shape index (κ1) is 35.0. The molecule has 0 spiro atoms. The van der Waals surface area contributed by atoms with Gasteiger partial charge in [0.1, 0.15) is 12.6 Å². The fourth-order valence-electron chi connectivity index (χ4n) is 5.04. The Morgan fingerprint density at radius 1 is 0.804 bits per heavy atom. The summed E-state index contributed by atoms with van der Waals surface area (Å²) in [6, 6.07) is 26.7. The minimum absolute atomic E-state index is 0.0116. The number of carbonyl (C=O) groups is 2. The maximum atomic E-state index is 14.6. The average Bonchev–Trinajstić information content (AvgIpc) is 3.03. The van der Waals surface area contributed by atoms with Crippen LogP contribution in [0, 0.1) is 13.8 Å². The second-order valence-corrected chi connectivity index (χ2v) is 14.0. The molecule has 0 saturated carbocycles. The maximum Gasteiger partial charge on any atom is 0.264 e.